The van der Waals surface area contributed by atoms with Crippen LogP contribution in [0.5, 0.6) is 5.75 Å². The second-order valence-corrected chi connectivity index (χ2v) is 3.54. The summed E-state index contributed by atoms with van der Waals surface area (Å²) in [5.41, 5.74) is 0.407. The van der Waals surface area contributed by atoms with Gasteiger partial charge in [0.1, 0.15) is 5.75 Å². The first-order valence-electron chi connectivity index (χ1n) is 3.62. The molecule has 2 unspecified atom stereocenters. The lowest BCUT2D eigenvalue weighted by molar-refractivity contribution is 0.243. The van der Waals surface area contributed by atoms with Crippen LogP contribution in [0.3, 0.4) is 0 Å². The Hall–Kier alpha value is -0.960. The minimum atomic E-state index is -2.59. The standard InChI is InChI=1S/C8H9O4P/c1-12-7-4-2-6(3-5-7)8(9)13(10)11/h2-5,8-9H,1H3/p+1. The lowest BCUT2D eigenvalue weighted by atomic mass is 10.2. The molecule has 2 N–H and O–H groups in total. The first kappa shape index (κ1) is 10.1. The number of hydrogen-bond acceptors (Lipinski definition) is 3. The third kappa shape index (κ3) is 2.49. The van der Waals surface area contributed by atoms with Crippen LogP contribution in [-0.2, 0) is 4.57 Å². The van der Waals surface area contributed by atoms with Crippen molar-refractivity contribution in [3.05, 3.63) is 29.8 Å². The molecule has 70 valence electrons. The Morgan fingerprint density at radius 3 is 2.31 bits per heavy atom. The normalized spacial score (nSPS) is 13.6. The number of ether oxygens (including phenoxy) is 1. The summed E-state index contributed by atoms with van der Waals surface area (Å²) in [5.74, 6) is -0.676. The molecule has 2 atom stereocenters. The van der Waals surface area contributed by atoms with Crippen LogP contribution in [0.15, 0.2) is 24.3 Å². The second kappa shape index (κ2) is 4.33. The molecule has 0 heterocycles. The predicted molar refractivity (Wildman–Crippen MR) is 47.8 cm³/mol. The molecule has 0 radical (unpaired) electrons. The summed E-state index contributed by atoms with van der Waals surface area (Å²) in [5, 5.41) is 9.19. The van der Waals surface area contributed by atoms with Gasteiger partial charge in [-0.15, -0.1) is 0 Å². The van der Waals surface area contributed by atoms with Gasteiger partial charge in [0.25, 0.3) is 0 Å². The van der Waals surface area contributed by atoms with Crippen LogP contribution in [0.4, 0.5) is 0 Å². The van der Waals surface area contributed by atoms with E-state index < -0.39 is 13.9 Å². The molecule has 1 rings (SSSR count). The molecule has 4 nitrogen and oxygen atoms in total. The highest BCUT2D eigenvalue weighted by molar-refractivity contribution is 7.38. The highest BCUT2D eigenvalue weighted by Crippen LogP contribution is 2.34. The second-order valence-electron chi connectivity index (χ2n) is 2.45. The third-order valence-electron chi connectivity index (χ3n) is 1.62. The Bertz CT molecular complexity index is 296. The third-order valence-corrected chi connectivity index (χ3v) is 2.34. The van der Waals surface area contributed by atoms with Gasteiger partial charge in [-0.3, -0.25) is 0 Å². The summed E-state index contributed by atoms with van der Waals surface area (Å²) < 4.78 is 15.4. The van der Waals surface area contributed by atoms with Gasteiger partial charge < -0.3 is 9.84 Å². The first-order chi connectivity index (χ1) is 6.15. The van der Waals surface area contributed by atoms with E-state index in [1.54, 1.807) is 24.3 Å². The van der Waals surface area contributed by atoms with Crippen molar-refractivity contribution >= 4 is 8.03 Å². The summed E-state index contributed by atoms with van der Waals surface area (Å²) in [4.78, 5) is 8.63. The number of aliphatic hydroxyl groups is 1. The molecule has 0 saturated carbocycles. The van der Waals surface area contributed by atoms with E-state index in [4.69, 9.17) is 9.63 Å². The number of methoxy groups -OCH3 is 1. The van der Waals surface area contributed by atoms with Crippen LogP contribution in [0, 0.1) is 0 Å². The van der Waals surface area contributed by atoms with Crippen molar-refractivity contribution in [3.8, 4) is 5.75 Å². The molecule has 1 aromatic rings. The summed E-state index contributed by atoms with van der Waals surface area (Å²) in [6.07, 6.45) is 0. The van der Waals surface area contributed by atoms with Crippen LogP contribution >= 0.6 is 8.03 Å². The molecule has 0 aliphatic rings. The van der Waals surface area contributed by atoms with Crippen LogP contribution in [0.1, 0.15) is 11.4 Å². The summed E-state index contributed by atoms with van der Waals surface area (Å²) >= 11 is 0. The molecular weight excluding hydrogens is 191 g/mol. The molecule has 1 aromatic carbocycles. The Morgan fingerprint density at radius 2 is 1.92 bits per heavy atom. The van der Waals surface area contributed by atoms with Crippen LogP contribution in [0.25, 0.3) is 0 Å². The number of rotatable bonds is 3. The van der Waals surface area contributed by atoms with E-state index in [-0.39, 0.29) is 0 Å². The Labute approximate surface area is 76.7 Å². The summed E-state index contributed by atoms with van der Waals surface area (Å²) in [6, 6.07) is 6.34. The molecule has 0 fully saturated rings. The first-order valence-corrected chi connectivity index (χ1v) is 4.90. The minimum absolute atomic E-state index is 0.407. The molecular formula is C8H10O4P+. The van der Waals surface area contributed by atoms with Gasteiger partial charge in [0, 0.05) is 5.56 Å². The summed E-state index contributed by atoms with van der Waals surface area (Å²) in [6.45, 7) is 0. The average molecular weight is 201 g/mol. The molecule has 0 aliphatic carbocycles. The minimum Gasteiger partial charge on any atom is -0.497 e. The Kier molecular flexibility index (Phi) is 3.37. The molecule has 0 aromatic heterocycles. The Morgan fingerprint density at radius 1 is 1.38 bits per heavy atom. The van der Waals surface area contributed by atoms with Gasteiger partial charge in [-0.2, -0.15) is 4.89 Å². The zero-order valence-corrected chi connectivity index (χ0v) is 7.94. The molecule has 0 bridgehead atoms. The van der Waals surface area contributed by atoms with Crippen molar-refractivity contribution in [2.24, 2.45) is 0 Å². The quantitative estimate of drug-likeness (QED) is 0.726. The largest absolute Gasteiger partial charge is 0.542 e. The van der Waals surface area contributed by atoms with E-state index in [1.807, 2.05) is 0 Å². The number of hydrogen-bond donors (Lipinski definition) is 2. The average Bonchev–Trinajstić information content (AvgIpc) is 2.17. The van der Waals surface area contributed by atoms with Crippen LogP contribution in [-0.4, -0.2) is 17.1 Å². The number of aliphatic hydroxyl groups excluding tert-OH is 1. The zero-order valence-electron chi connectivity index (χ0n) is 7.04. The van der Waals surface area contributed by atoms with E-state index in [2.05, 4.69) is 0 Å². The van der Waals surface area contributed by atoms with Crippen molar-refractivity contribution in [2.75, 3.05) is 7.11 Å². The molecule has 0 saturated heterocycles. The summed E-state index contributed by atoms with van der Waals surface area (Å²) in [7, 11) is -1.06. The molecule has 0 amide bonds. The van der Waals surface area contributed by atoms with Gasteiger partial charge in [0.05, 0.1) is 7.11 Å². The Balaban J connectivity index is 2.85. The van der Waals surface area contributed by atoms with Gasteiger partial charge in [0.2, 0.25) is 0 Å². The predicted octanol–water partition coefficient (Wildman–Crippen LogP) is 1.42. The monoisotopic (exact) mass is 201 g/mol. The van der Waals surface area contributed by atoms with E-state index in [0.29, 0.717) is 11.3 Å². The van der Waals surface area contributed by atoms with Gasteiger partial charge in [0.15, 0.2) is 0 Å². The van der Waals surface area contributed by atoms with Crippen LogP contribution in [0.2, 0.25) is 0 Å². The van der Waals surface area contributed by atoms with Gasteiger partial charge in [-0.05, 0) is 28.8 Å². The lowest BCUT2D eigenvalue weighted by Gasteiger charge is -2.00. The van der Waals surface area contributed by atoms with E-state index >= 15 is 0 Å². The molecule has 0 spiro atoms. The van der Waals surface area contributed by atoms with E-state index in [0.717, 1.165) is 0 Å². The van der Waals surface area contributed by atoms with Gasteiger partial charge >= 0.3 is 13.9 Å². The maximum Gasteiger partial charge on any atom is 0.542 e. The van der Waals surface area contributed by atoms with Crippen molar-refractivity contribution in [1.29, 1.82) is 0 Å². The molecule has 5 heteroatoms. The maximum atomic E-state index is 10.5. The fourth-order valence-electron chi connectivity index (χ4n) is 0.904. The van der Waals surface area contributed by atoms with Gasteiger partial charge in [-0.25, -0.2) is 0 Å². The number of benzene rings is 1. The van der Waals surface area contributed by atoms with Gasteiger partial charge in [-0.1, -0.05) is 0 Å². The van der Waals surface area contributed by atoms with E-state index in [9.17, 15) is 9.67 Å². The fraction of sp³-hybridized carbons (Fsp3) is 0.250. The zero-order chi connectivity index (χ0) is 9.84. The highest BCUT2D eigenvalue weighted by Gasteiger charge is 2.27. The van der Waals surface area contributed by atoms with Crippen molar-refractivity contribution < 1.29 is 19.3 Å². The fourth-order valence-corrected chi connectivity index (χ4v) is 1.33. The van der Waals surface area contributed by atoms with Crippen molar-refractivity contribution in [3.63, 3.8) is 0 Å². The maximum absolute atomic E-state index is 10.5. The topological polar surface area (TPSA) is 66.8 Å². The molecule has 0 aliphatic heterocycles. The van der Waals surface area contributed by atoms with Crippen molar-refractivity contribution in [2.45, 2.75) is 5.85 Å². The van der Waals surface area contributed by atoms with Crippen LogP contribution < -0.4 is 4.74 Å². The highest BCUT2D eigenvalue weighted by atomic mass is 31.1. The smallest absolute Gasteiger partial charge is 0.497 e. The SMILES string of the molecule is COc1ccc(C(O)[P+](=O)O)cc1. The lowest BCUT2D eigenvalue weighted by Crippen LogP contribution is -1.91. The molecule has 13 heavy (non-hydrogen) atoms. The van der Waals surface area contributed by atoms with Crippen molar-refractivity contribution in [1.82, 2.24) is 0 Å². The van der Waals surface area contributed by atoms with E-state index in [1.165, 1.54) is 7.11 Å².